The number of nitrogens with zero attached hydrogens (tertiary/aromatic N) is 3. The van der Waals surface area contributed by atoms with E-state index in [1.54, 1.807) is 0 Å². The summed E-state index contributed by atoms with van der Waals surface area (Å²) in [4.78, 5) is 2.45. The second-order valence-electron chi connectivity index (χ2n) is 5.87. The van der Waals surface area contributed by atoms with E-state index in [4.69, 9.17) is 4.42 Å². The van der Waals surface area contributed by atoms with E-state index in [1.165, 1.54) is 32.2 Å². The molecular weight excluding hydrogens is 240 g/mol. The molecule has 2 heterocycles. The molecule has 1 saturated carbocycles. The van der Waals surface area contributed by atoms with Crippen molar-refractivity contribution in [1.29, 1.82) is 0 Å². The second kappa shape index (κ2) is 6.01. The van der Waals surface area contributed by atoms with Gasteiger partial charge in [0.1, 0.15) is 0 Å². The fourth-order valence-electron chi connectivity index (χ4n) is 2.77. The van der Waals surface area contributed by atoms with E-state index < -0.39 is 0 Å². The van der Waals surface area contributed by atoms with Gasteiger partial charge < -0.3 is 9.73 Å². The van der Waals surface area contributed by atoms with Crippen LogP contribution in [0.5, 0.6) is 0 Å². The van der Waals surface area contributed by atoms with Crippen molar-refractivity contribution in [1.82, 2.24) is 20.4 Å². The summed E-state index contributed by atoms with van der Waals surface area (Å²) in [6.07, 6.45) is 6.20. The smallest absolute Gasteiger partial charge is 0.230 e. The summed E-state index contributed by atoms with van der Waals surface area (Å²) < 4.78 is 5.60. The number of nitrogens with one attached hydrogen (secondary N) is 1. The van der Waals surface area contributed by atoms with E-state index >= 15 is 0 Å². The highest BCUT2D eigenvalue weighted by atomic mass is 16.4. The lowest BCUT2D eigenvalue weighted by atomic mass is 9.98. The zero-order chi connectivity index (χ0) is 13.1. The van der Waals surface area contributed by atoms with E-state index in [2.05, 4.69) is 20.4 Å². The molecule has 1 aliphatic carbocycles. The van der Waals surface area contributed by atoms with Crippen molar-refractivity contribution < 1.29 is 4.42 Å². The zero-order valence-electron chi connectivity index (χ0n) is 11.8. The SMILES string of the molecule is CCc1nnc(CN2CCCC(CNC3CC3)C2)o1. The van der Waals surface area contributed by atoms with E-state index in [9.17, 15) is 0 Å². The summed E-state index contributed by atoms with van der Waals surface area (Å²) in [5.74, 6) is 2.30. The monoisotopic (exact) mass is 264 g/mol. The van der Waals surface area contributed by atoms with Crippen LogP contribution >= 0.6 is 0 Å². The van der Waals surface area contributed by atoms with Gasteiger partial charge in [0.2, 0.25) is 11.8 Å². The highest BCUT2D eigenvalue weighted by Crippen LogP contribution is 2.22. The first-order chi connectivity index (χ1) is 9.33. The molecule has 1 unspecified atom stereocenters. The molecule has 1 N–H and O–H groups in total. The average molecular weight is 264 g/mol. The molecule has 1 aromatic rings. The van der Waals surface area contributed by atoms with Crippen LogP contribution in [0.1, 0.15) is 44.4 Å². The maximum absolute atomic E-state index is 5.60. The molecule has 1 atom stereocenters. The van der Waals surface area contributed by atoms with Crippen molar-refractivity contribution >= 4 is 0 Å². The van der Waals surface area contributed by atoms with Gasteiger partial charge in [0.15, 0.2) is 0 Å². The number of rotatable bonds is 6. The molecule has 1 saturated heterocycles. The third-order valence-corrected chi connectivity index (χ3v) is 4.05. The Bertz CT molecular complexity index is 402. The summed E-state index contributed by atoms with van der Waals surface area (Å²) in [5, 5.41) is 11.8. The molecule has 0 aromatic carbocycles. The third-order valence-electron chi connectivity index (χ3n) is 4.05. The average Bonchev–Trinajstić information content (AvgIpc) is 3.16. The molecular formula is C14H24N4O. The van der Waals surface area contributed by atoms with Crippen molar-refractivity contribution in [2.75, 3.05) is 19.6 Å². The van der Waals surface area contributed by atoms with Crippen LogP contribution in [0, 0.1) is 5.92 Å². The van der Waals surface area contributed by atoms with Crippen LogP contribution in [0.15, 0.2) is 4.42 Å². The molecule has 0 bridgehead atoms. The summed E-state index contributed by atoms with van der Waals surface area (Å²) in [6, 6.07) is 0.818. The lowest BCUT2D eigenvalue weighted by Gasteiger charge is -2.31. The fourth-order valence-corrected chi connectivity index (χ4v) is 2.77. The minimum Gasteiger partial charge on any atom is -0.424 e. The largest absolute Gasteiger partial charge is 0.424 e. The molecule has 0 radical (unpaired) electrons. The van der Waals surface area contributed by atoms with Crippen molar-refractivity contribution in [2.45, 2.75) is 51.6 Å². The van der Waals surface area contributed by atoms with Gasteiger partial charge in [0.25, 0.3) is 0 Å². The lowest BCUT2D eigenvalue weighted by molar-refractivity contribution is 0.152. The molecule has 2 fully saturated rings. The molecule has 1 aliphatic heterocycles. The molecule has 19 heavy (non-hydrogen) atoms. The van der Waals surface area contributed by atoms with Crippen LogP contribution in [-0.4, -0.2) is 40.8 Å². The van der Waals surface area contributed by atoms with Gasteiger partial charge in [-0.15, -0.1) is 10.2 Å². The van der Waals surface area contributed by atoms with Crippen LogP contribution < -0.4 is 5.32 Å². The number of hydrogen-bond acceptors (Lipinski definition) is 5. The summed E-state index contributed by atoms with van der Waals surface area (Å²) >= 11 is 0. The van der Waals surface area contributed by atoms with Gasteiger partial charge in [-0.1, -0.05) is 6.92 Å². The van der Waals surface area contributed by atoms with Crippen LogP contribution in [0.4, 0.5) is 0 Å². The molecule has 3 rings (SSSR count). The van der Waals surface area contributed by atoms with Crippen molar-refractivity contribution in [3.8, 4) is 0 Å². The van der Waals surface area contributed by atoms with E-state index in [0.29, 0.717) is 0 Å². The van der Waals surface area contributed by atoms with Gasteiger partial charge in [-0.3, -0.25) is 4.90 Å². The summed E-state index contributed by atoms with van der Waals surface area (Å²) in [5.41, 5.74) is 0. The first-order valence-corrected chi connectivity index (χ1v) is 7.60. The predicted octanol–water partition coefficient (Wildman–Crippen LogP) is 1.60. The number of likely N-dealkylation sites (tertiary alicyclic amines) is 1. The molecule has 1 aromatic heterocycles. The van der Waals surface area contributed by atoms with Gasteiger partial charge in [-0.05, 0) is 44.7 Å². The number of piperidine rings is 1. The van der Waals surface area contributed by atoms with Crippen LogP contribution in [0.3, 0.4) is 0 Å². The van der Waals surface area contributed by atoms with E-state index in [0.717, 1.165) is 49.8 Å². The minimum atomic E-state index is 0.749. The molecule has 106 valence electrons. The van der Waals surface area contributed by atoms with E-state index in [1.807, 2.05) is 6.92 Å². The maximum atomic E-state index is 5.60. The maximum Gasteiger partial charge on any atom is 0.230 e. The first kappa shape index (κ1) is 13.1. The van der Waals surface area contributed by atoms with Gasteiger partial charge in [-0.2, -0.15) is 0 Å². The topological polar surface area (TPSA) is 54.2 Å². The van der Waals surface area contributed by atoms with Gasteiger partial charge in [0.05, 0.1) is 6.54 Å². The highest BCUT2D eigenvalue weighted by Gasteiger charge is 2.25. The van der Waals surface area contributed by atoms with Gasteiger partial charge in [0, 0.05) is 19.0 Å². The normalized spacial score (nSPS) is 24.8. The Morgan fingerprint density at radius 1 is 1.26 bits per heavy atom. The predicted molar refractivity (Wildman–Crippen MR) is 72.7 cm³/mol. The molecule has 5 heteroatoms. The molecule has 5 nitrogen and oxygen atoms in total. The van der Waals surface area contributed by atoms with Crippen molar-refractivity contribution in [3.05, 3.63) is 11.8 Å². The lowest BCUT2D eigenvalue weighted by Crippen LogP contribution is -2.39. The number of aromatic nitrogens is 2. The Morgan fingerprint density at radius 2 is 2.11 bits per heavy atom. The van der Waals surface area contributed by atoms with Crippen LogP contribution in [0.2, 0.25) is 0 Å². The number of hydrogen-bond donors (Lipinski definition) is 1. The summed E-state index contributed by atoms with van der Waals surface area (Å²) in [6.45, 7) is 6.34. The standard InChI is InChI=1S/C14H24N4O/c1-2-13-16-17-14(19-13)10-18-7-3-4-11(9-18)8-15-12-5-6-12/h11-12,15H,2-10H2,1H3. The first-order valence-electron chi connectivity index (χ1n) is 7.60. The molecule has 2 aliphatic rings. The van der Waals surface area contributed by atoms with Crippen molar-refractivity contribution in [2.24, 2.45) is 5.92 Å². The fraction of sp³-hybridized carbons (Fsp3) is 0.857. The van der Waals surface area contributed by atoms with Crippen LogP contribution in [0.25, 0.3) is 0 Å². The minimum absolute atomic E-state index is 0.749. The number of aryl methyl sites for hydroxylation is 1. The van der Waals surface area contributed by atoms with Gasteiger partial charge >= 0.3 is 0 Å². The Kier molecular flexibility index (Phi) is 4.13. The second-order valence-corrected chi connectivity index (χ2v) is 5.87. The zero-order valence-corrected chi connectivity index (χ0v) is 11.8. The summed E-state index contributed by atoms with van der Waals surface area (Å²) in [7, 11) is 0. The quantitative estimate of drug-likeness (QED) is 0.845. The third kappa shape index (κ3) is 3.76. The Morgan fingerprint density at radius 3 is 2.84 bits per heavy atom. The van der Waals surface area contributed by atoms with E-state index in [-0.39, 0.29) is 0 Å². The molecule has 0 amide bonds. The Labute approximate surface area is 114 Å². The van der Waals surface area contributed by atoms with Gasteiger partial charge in [-0.25, -0.2) is 0 Å². The van der Waals surface area contributed by atoms with Crippen molar-refractivity contribution in [3.63, 3.8) is 0 Å². The van der Waals surface area contributed by atoms with Crippen LogP contribution in [-0.2, 0) is 13.0 Å². The highest BCUT2D eigenvalue weighted by molar-refractivity contribution is 4.86. The Balaban J connectivity index is 1.46. The Hall–Kier alpha value is -0.940. The molecule has 0 spiro atoms.